The van der Waals surface area contributed by atoms with Crippen LogP contribution in [0.25, 0.3) is 0 Å². The van der Waals surface area contributed by atoms with Gasteiger partial charge >= 0.3 is 0 Å². The van der Waals surface area contributed by atoms with Gasteiger partial charge in [-0.15, -0.1) is 0 Å². The molecule has 8 atom stereocenters. The number of ether oxygens (including phenoxy) is 4. The Balaban J connectivity index is 1.78. The van der Waals surface area contributed by atoms with E-state index in [0.717, 1.165) is 77.3 Å². The highest BCUT2D eigenvalue weighted by Crippen LogP contribution is 2.31. The molecular formula is C60H120N2O8. The fraction of sp³-hybridized carbons (Fsp3) is 1.00. The van der Waals surface area contributed by atoms with Crippen LogP contribution in [0.3, 0.4) is 0 Å². The van der Waals surface area contributed by atoms with E-state index >= 15 is 0 Å². The lowest BCUT2D eigenvalue weighted by Crippen LogP contribution is -2.39. The molecule has 4 N–H and O–H groups in total. The molecule has 2 aliphatic heterocycles. The van der Waals surface area contributed by atoms with E-state index in [1.807, 2.05) is 0 Å². The summed E-state index contributed by atoms with van der Waals surface area (Å²) in [5.41, 5.74) is 0. The van der Waals surface area contributed by atoms with Gasteiger partial charge in [0.05, 0.1) is 37.6 Å². The summed E-state index contributed by atoms with van der Waals surface area (Å²) < 4.78 is 25.4. The van der Waals surface area contributed by atoms with Crippen LogP contribution in [0.1, 0.15) is 272 Å². The van der Waals surface area contributed by atoms with Crippen LogP contribution in [-0.4, -0.2) is 145 Å². The Kier molecular flexibility index (Phi) is 44.2. The van der Waals surface area contributed by atoms with Crippen LogP contribution in [0.15, 0.2) is 0 Å². The van der Waals surface area contributed by atoms with Crippen molar-refractivity contribution in [2.24, 2.45) is 0 Å². The van der Waals surface area contributed by atoms with E-state index in [-0.39, 0.29) is 48.8 Å². The number of rotatable bonds is 54. The highest BCUT2D eigenvalue weighted by Gasteiger charge is 2.48. The van der Waals surface area contributed by atoms with Gasteiger partial charge in [0.15, 0.2) is 0 Å². The van der Waals surface area contributed by atoms with Crippen molar-refractivity contribution in [1.82, 2.24) is 9.80 Å². The average molecular weight is 998 g/mol. The molecule has 2 saturated heterocycles. The Morgan fingerprint density at radius 3 is 0.814 bits per heavy atom. The van der Waals surface area contributed by atoms with E-state index in [1.54, 1.807) is 0 Å². The molecule has 418 valence electrons. The molecule has 8 unspecified atom stereocenters. The lowest BCUT2D eigenvalue weighted by atomic mass is 10.0. The summed E-state index contributed by atoms with van der Waals surface area (Å²) in [4.78, 5) is 4.55. The average Bonchev–Trinajstić information content (AvgIpc) is 3.95. The number of fused-ring (bicyclic) bond motifs is 1. The Morgan fingerprint density at radius 1 is 0.343 bits per heavy atom. The Labute approximate surface area is 433 Å². The van der Waals surface area contributed by atoms with Crippen molar-refractivity contribution in [2.75, 3.05) is 65.7 Å². The molecule has 2 heterocycles. The van der Waals surface area contributed by atoms with Gasteiger partial charge in [-0.2, -0.15) is 0 Å². The first kappa shape index (κ1) is 65.7. The molecule has 0 aromatic carbocycles. The molecule has 0 radical (unpaired) electrons. The van der Waals surface area contributed by atoms with Gasteiger partial charge < -0.3 is 39.4 Å². The van der Waals surface area contributed by atoms with Crippen LogP contribution < -0.4 is 0 Å². The number of unbranched alkanes of at least 4 members (excludes halogenated alkanes) is 28. The second-order valence-corrected chi connectivity index (χ2v) is 22.3. The lowest BCUT2D eigenvalue weighted by molar-refractivity contribution is -0.0532. The smallest absolute Gasteiger partial charge is 0.115 e. The van der Waals surface area contributed by atoms with Crippen molar-refractivity contribution in [3.63, 3.8) is 0 Å². The van der Waals surface area contributed by atoms with Crippen LogP contribution in [0.4, 0.5) is 0 Å². The minimum Gasteiger partial charge on any atom is -0.392 e. The number of hydrogen-bond acceptors (Lipinski definition) is 10. The van der Waals surface area contributed by atoms with Gasteiger partial charge in [-0.05, 0) is 38.5 Å². The maximum atomic E-state index is 11.1. The maximum Gasteiger partial charge on any atom is 0.115 e. The van der Waals surface area contributed by atoms with Gasteiger partial charge in [-0.25, -0.2) is 0 Å². The number of aliphatic hydroxyl groups is 4. The van der Waals surface area contributed by atoms with E-state index < -0.39 is 0 Å². The molecule has 2 aliphatic rings. The van der Waals surface area contributed by atoms with Crippen molar-refractivity contribution in [3.8, 4) is 0 Å². The van der Waals surface area contributed by atoms with Gasteiger partial charge in [0.2, 0.25) is 0 Å². The summed E-state index contributed by atoms with van der Waals surface area (Å²) in [7, 11) is 0. The largest absolute Gasteiger partial charge is 0.392 e. The van der Waals surface area contributed by atoms with E-state index in [9.17, 15) is 20.4 Å². The summed E-state index contributed by atoms with van der Waals surface area (Å²) in [5.74, 6) is 0. The van der Waals surface area contributed by atoms with Gasteiger partial charge in [0.1, 0.15) is 24.4 Å². The number of nitrogens with zero attached hydrogens (tertiary/aromatic N) is 2. The fourth-order valence-corrected chi connectivity index (χ4v) is 10.9. The quantitative estimate of drug-likeness (QED) is 0.0438. The van der Waals surface area contributed by atoms with Crippen molar-refractivity contribution in [3.05, 3.63) is 0 Å². The normalized spacial score (nSPS) is 20.0. The summed E-state index contributed by atoms with van der Waals surface area (Å²) in [5, 5.41) is 44.3. The standard InChI is InChI=1S/C60H120N2O8/c1-5-9-13-17-21-25-29-33-39-53(63)47-61(48-54(64)40-34-30-26-22-18-14-10-6-2)43-37-45-67-57-51-69-60-58(52-70-59(57)60)68-46-38-44-62(49-55(65)41-35-31-27-23-19-15-11-7-3)50-56(66)42-36-32-28-24-20-16-12-8-4/h53-60,63-66H,5-52H2,1-4H3. The zero-order valence-electron chi connectivity index (χ0n) is 46.9. The van der Waals surface area contributed by atoms with Crippen LogP contribution >= 0.6 is 0 Å². The van der Waals surface area contributed by atoms with Gasteiger partial charge in [-0.3, -0.25) is 9.80 Å². The highest BCUT2D eigenvalue weighted by atomic mass is 16.6. The third-order valence-corrected chi connectivity index (χ3v) is 15.3. The summed E-state index contributed by atoms with van der Waals surface area (Å²) in [6.45, 7) is 15.2. The summed E-state index contributed by atoms with van der Waals surface area (Å²) in [6.07, 6.45) is 43.3. The lowest BCUT2D eigenvalue weighted by Gasteiger charge is -2.28. The highest BCUT2D eigenvalue weighted by molar-refractivity contribution is 4.96. The van der Waals surface area contributed by atoms with Gasteiger partial charge in [-0.1, -0.05) is 233 Å². The van der Waals surface area contributed by atoms with E-state index in [1.165, 1.54) is 180 Å². The predicted octanol–water partition coefficient (Wildman–Crippen LogP) is 13.5. The summed E-state index contributed by atoms with van der Waals surface area (Å²) >= 11 is 0. The van der Waals surface area contributed by atoms with Crippen LogP contribution in [0.5, 0.6) is 0 Å². The van der Waals surface area contributed by atoms with Crippen LogP contribution in [0, 0.1) is 0 Å². The van der Waals surface area contributed by atoms with Crippen molar-refractivity contribution in [1.29, 1.82) is 0 Å². The third kappa shape index (κ3) is 35.7. The second kappa shape index (κ2) is 47.1. The molecule has 10 nitrogen and oxygen atoms in total. The minimum atomic E-state index is -0.375. The van der Waals surface area contributed by atoms with E-state index in [4.69, 9.17) is 18.9 Å². The molecule has 2 fully saturated rings. The van der Waals surface area contributed by atoms with Crippen LogP contribution in [-0.2, 0) is 18.9 Å². The zero-order chi connectivity index (χ0) is 50.5. The van der Waals surface area contributed by atoms with Crippen molar-refractivity contribution >= 4 is 0 Å². The SMILES string of the molecule is CCCCCCCCCCC(O)CN(CCCOC1COC2C(OCCCN(CC(O)CCCCCCCCCC)CC(O)CCCCCCCCCC)COC12)CC(O)CCCCCCCCCC. The fourth-order valence-electron chi connectivity index (χ4n) is 10.9. The number of aliphatic hydroxyl groups excluding tert-OH is 4. The Morgan fingerprint density at radius 2 is 0.571 bits per heavy atom. The second-order valence-electron chi connectivity index (χ2n) is 22.3. The third-order valence-electron chi connectivity index (χ3n) is 15.3. The van der Waals surface area contributed by atoms with E-state index in [2.05, 4.69) is 37.5 Å². The Bertz CT molecular complexity index is 953. The first-order valence-corrected chi connectivity index (χ1v) is 30.9. The maximum absolute atomic E-state index is 11.1. The Hall–Kier alpha value is -0.400. The predicted molar refractivity (Wildman–Crippen MR) is 294 cm³/mol. The molecule has 10 heteroatoms. The first-order chi connectivity index (χ1) is 34.3. The molecule has 0 aromatic heterocycles. The van der Waals surface area contributed by atoms with Gasteiger partial charge in [0, 0.05) is 52.5 Å². The molecule has 0 amide bonds. The zero-order valence-corrected chi connectivity index (χ0v) is 46.9. The monoisotopic (exact) mass is 997 g/mol. The number of hydrogen-bond donors (Lipinski definition) is 4. The molecule has 0 spiro atoms. The summed E-state index contributed by atoms with van der Waals surface area (Å²) in [6, 6.07) is 0. The van der Waals surface area contributed by atoms with Gasteiger partial charge in [0.25, 0.3) is 0 Å². The van der Waals surface area contributed by atoms with Crippen molar-refractivity contribution < 1.29 is 39.4 Å². The molecule has 0 aromatic rings. The topological polar surface area (TPSA) is 124 Å². The minimum absolute atomic E-state index is 0.132. The van der Waals surface area contributed by atoms with Crippen LogP contribution in [0.2, 0.25) is 0 Å². The molecule has 70 heavy (non-hydrogen) atoms. The molecule has 0 aliphatic carbocycles. The van der Waals surface area contributed by atoms with E-state index in [0.29, 0.717) is 52.6 Å². The molecule has 0 bridgehead atoms. The molecular weight excluding hydrogens is 877 g/mol. The molecule has 2 rings (SSSR count). The van der Waals surface area contributed by atoms with Crippen molar-refractivity contribution in [2.45, 2.75) is 321 Å². The first-order valence-electron chi connectivity index (χ1n) is 30.9. The molecule has 0 saturated carbocycles.